The molecule has 0 aromatic heterocycles. The average Bonchev–Trinajstić information content (AvgIpc) is 3.08. The third-order valence-corrected chi connectivity index (χ3v) is 7.10. The number of carboxylic acid groups (broad SMARTS) is 1. The van der Waals surface area contributed by atoms with Gasteiger partial charge in [0.15, 0.2) is 34.9 Å². The van der Waals surface area contributed by atoms with E-state index in [1.807, 2.05) is 0 Å². The van der Waals surface area contributed by atoms with Crippen molar-refractivity contribution in [3.05, 3.63) is 86.6 Å². The maximum atomic E-state index is 13.6. The van der Waals surface area contributed by atoms with E-state index in [0.29, 0.717) is 6.08 Å². The molecule has 2 atom stereocenters. The predicted octanol–water partition coefficient (Wildman–Crippen LogP) is 3.45. The van der Waals surface area contributed by atoms with Gasteiger partial charge in [0.2, 0.25) is 5.43 Å². The van der Waals surface area contributed by atoms with Gasteiger partial charge in [-0.3, -0.25) is 4.79 Å². The molecular weight excluding hydrogens is 580 g/mol. The van der Waals surface area contributed by atoms with Crippen LogP contribution < -0.4 is 10.2 Å². The van der Waals surface area contributed by atoms with Gasteiger partial charge in [0.25, 0.3) is 0 Å². The van der Waals surface area contributed by atoms with Crippen LogP contribution in [0.4, 0.5) is 0 Å². The summed E-state index contributed by atoms with van der Waals surface area (Å²) in [7, 11) is 0. The van der Waals surface area contributed by atoms with E-state index in [-0.39, 0.29) is 57.1 Å². The first-order chi connectivity index (χ1) is 20.7. The second-order valence-electron chi connectivity index (χ2n) is 10.1. The SMILES string of the molecule is Cc1cc([C@H]2Oc3cc(O)cc(O)c3C[C@H]2OC(=O)c2cc(O)c(=O)c3c(O)c(O)cc(/C=C/C(=O)O)c3c2)cc(O)c1O. The number of carboxylic acids is 1. The van der Waals surface area contributed by atoms with E-state index in [4.69, 9.17) is 14.6 Å². The lowest BCUT2D eigenvalue weighted by molar-refractivity contribution is -0.131. The largest absolute Gasteiger partial charge is 0.508 e. The topological polar surface area (TPSA) is 232 Å². The summed E-state index contributed by atoms with van der Waals surface area (Å²) in [5.41, 5.74) is -1.00. The molecule has 1 aliphatic rings. The lowest BCUT2D eigenvalue weighted by Crippen LogP contribution is -2.34. The Morgan fingerprint density at radius 1 is 0.864 bits per heavy atom. The van der Waals surface area contributed by atoms with Crippen molar-refractivity contribution in [3.8, 4) is 46.0 Å². The van der Waals surface area contributed by atoms with Crippen LogP contribution in [0.1, 0.15) is 38.7 Å². The maximum absolute atomic E-state index is 13.6. The normalized spacial score (nSPS) is 15.9. The van der Waals surface area contributed by atoms with Crippen LogP contribution in [-0.2, 0) is 16.0 Å². The minimum Gasteiger partial charge on any atom is -0.508 e. The van der Waals surface area contributed by atoms with Crippen molar-refractivity contribution in [1.82, 2.24) is 0 Å². The van der Waals surface area contributed by atoms with E-state index < -0.39 is 63.5 Å². The van der Waals surface area contributed by atoms with E-state index >= 15 is 0 Å². The highest BCUT2D eigenvalue weighted by molar-refractivity contribution is 6.02. The Balaban J connectivity index is 1.64. The van der Waals surface area contributed by atoms with Crippen LogP contribution >= 0.6 is 0 Å². The Labute approximate surface area is 247 Å². The molecule has 0 aliphatic carbocycles. The molecular formula is C31H24O13. The van der Waals surface area contributed by atoms with Crippen LogP contribution in [0, 0.1) is 6.92 Å². The number of phenols is 6. The highest BCUT2D eigenvalue weighted by atomic mass is 16.6. The van der Waals surface area contributed by atoms with Crippen LogP contribution in [0.15, 0.2) is 53.3 Å². The predicted molar refractivity (Wildman–Crippen MR) is 152 cm³/mol. The second kappa shape index (κ2) is 10.9. The Bertz CT molecular complexity index is 1940. The van der Waals surface area contributed by atoms with E-state index in [1.165, 1.54) is 25.1 Å². The van der Waals surface area contributed by atoms with E-state index in [0.717, 1.165) is 30.3 Å². The highest BCUT2D eigenvalue weighted by Crippen LogP contribution is 2.45. The summed E-state index contributed by atoms with van der Waals surface area (Å²) in [6, 6.07) is 7.73. The van der Waals surface area contributed by atoms with E-state index in [1.54, 1.807) is 0 Å². The minimum atomic E-state index is -1.37. The molecule has 0 spiro atoms. The fraction of sp³-hybridized carbons (Fsp3) is 0.129. The molecule has 13 heteroatoms. The third kappa shape index (κ3) is 5.29. The Kier molecular flexibility index (Phi) is 7.31. The zero-order valence-corrected chi connectivity index (χ0v) is 22.7. The van der Waals surface area contributed by atoms with Gasteiger partial charge in [-0.2, -0.15) is 0 Å². The molecule has 0 saturated carbocycles. The molecule has 13 nitrogen and oxygen atoms in total. The number of esters is 1. The molecule has 226 valence electrons. The molecule has 44 heavy (non-hydrogen) atoms. The summed E-state index contributed by atoms with van der Waals surface area (Å²) in [4.78, 5) is 37.7. The van der Waals surface area contributed by atoms with Gasteiger partial charge < -0.3 is 50.3 Å². The van der Waals surface area contributed by atoms with E-state index in [9.17, 15) is 50.1 Å². The molecule has 5 rings (SSSR count). The first kappa shape index (κ1) is 29.4. The molecule has 0 unspecified atom stereocenters. The van der Waals surface area contributed by atoms with Gasteiger partial charge in [-0.25, -0.2) is 9.59 Å². The maximum Gasteiger partial charge on any atom is 0.338 e. The number of ether oxygens (including phenoxy) is 2. The van der Waals surface area contributed by atoms with Crippen molar-refractivity contribution in [2.45, 2.75) is 25.6 Å². The fourth-order valence-corrected chi connectivity index (χ4v) is 5.03. The number of aliphatic carboxylic acids is 1. The Hall–Kier alpha value is -6.11. The molecule has 4 aromatic carbocycles. The second-order valence-corrected chi connectivity index (χ2v) is 10.1. The summed E-state index contributed by atoms with van der Waals surface area (Å²) < 4.78 is 11.8. The highest BCUT2D eigenvalue weighted by Gasteiger charge is 2.37. The number of rotatable bonds is 5. The van der Waals surface area contributed by atoms with Crippen LogP contribution in [0.3, 0.4) is 0 Å². The first-order valence-electron chi connectivity index (χ1n) is 12.9. The smallest absolute Gasteiger partial charge is 0.338 e. The molecule has 1 aliphatic heterocycles. The first-order valence-corrected chi connectivity index (χ1v) is 12.9. The van der Waals surface area contributed by atoms with Crippen LogP contribution in [0.2, 0.25) is 0 Å². The molecule has 0 amide bonds. The summed E-state index contributed by atoms with van der Waals surface area (Å²) in [5, 5.41) is 80.0. The van der Waals surface area contributed by atoms with Gasteiger partial charge in [-0.1, -0.05) is 0 Å². The van der Waals surface area contributed by atoms with Crippen molar-refractivity contribution in [2.75, 3.05) is 0 Å². The van der Waals surface area contributed by atoms with Crippen LogP contribution in [-0.4, -0.2) is 58.9 Å². The standard InChI is InChI=1S/C31H24O13/c1-12-4-14(7-20(34)27(12)39)30-24(11-18-19(33)9-16(32)10-23(18)43-30)44-31(42)15-5-17-13(2-3-25(37)38)6-21(35)28(40)26(17)29(41)22(36)8-15/h2-10,24,30,32-35,39-40H,11H2,1H3,(H,36,41)(H,37,38)/b3-2+/t24-,30-/m1/s1. The zero-order chi connectivity index (χ0) is 32.0. The number of phenolic OH excluding ortho intramolecular Hbond substituents is 6. The molecule has 0 bridgehead atoms. The number of benzene rings is 3. The fourth-order valence-electron chi connectivity index (χ4n) is 5.03. The summed E-state index contributed by atoms with van der Waals surface area (Å²) in [6.45, 7) is 1.51. The molecule has 1 heterocycles. The van der Waals surface area contributed by atoms with Crippen molar-refractivity contribution in [1.29, 1.82) is 0 Å². The van der Waals surface area contributed by atoms with Crippen molar-refractivity contribution >= 4 is 28.8 Å². The number of hydrogen-bond acceptors (Lipinski definition) is 12. The average molecular weight is 605 g/mol. The summed E-state index contributed by atoms with van der Waals surface area (Å²) in [6.07, 6.45) is -0.858. The van der Waals surface area contributed by atoms with Gasteiger partial charge in [0.1, 0.15) is 23.4 Å². The number of aryl methyl sites for hydroxylation is 1. The Morgan fingerprint density at radius 3 is 2.25 bits per heavy atom. The summed E-state index contributed by atoms with van der Waals surface area (Å²) >= 11 is 0. The van der Waals surface area contributed by atoms with Crippen molar-refractivity contribution in [2.24, 2.45) is 0 Å². The molecule has 0 saturated heterocycles. The molecule has 0 fully saturated rings. The van der Waals surface area contributed by atoms with Gasteiger partial charge in [-0.15, -0.1) is 0 Å². The number of aromatic hydroxyl groups is 7. The molecule has 4 aromatic rings. The third-order valence-electron chi connectivity index (χ3n) is 7.10. The monoisotopic (exact) mass is 604 g/mol. The number of fused-ring (bicyclic) bond motifs is 2. The lowest BCUT2D eigenvalue weighted by atomic mass is 9.92. The minimum absolute atomic E-state index is 0.0564. The van der Waals surface area contributed by atoms with Crippen molar-refractivity contribution < 1.29 is 59.9 Å². The zero-order valence-electron chi connectivity index (χ0n) is 22.7. The van der Waals surface area contributed by atoms with Crippen LogP contribution in [0.25, 0.3) is 16.8 Å². The van der Waals surface area contributed by atoms with Gasteiger partial charge >= 0.3 is 11.9 Å². The molecule has 8 N–H and O–H groups in total. The quantitative estimate of drug-likeness (QED) is 0.0928. The van der Waals surface area contributed by atoms with Crippen LogP contribution in [0.5, 0.6) is 46.0 Å². The Morgan fingerprint density at radius 2 is 1.57 bits per heavy atom. The summed E-state index contributed by atoms with van der Waals surface area (Å²) in [5.74, 6) is -6.69. The molecule has 0 radical (unpaired) electrons. The number of hydrogen-bond donors (Lipinski definition) is 8. The van der Waals surface area contributed by atoms with Gasteiger partial charge in [0, 0.05) is 35.8 Å². The number of carbonyl (C=O) groups is 2. The van der Waals surface area contributed by atoms with Gasteiger partial charge in [-0.05, 0) is 59.8 Å². The lowest BCUT2D eigenvalue weighted by Gasteiger charge is -2.34. The van der Waals surface area contributed by atoms with E-state index in [2.05, 4.69) is 0 Å². The van der Waals surface area contributed by atoms with Crippen molar-refractivity contribution in [3.63, 3.8) is 0 Å². The van der Waals surface area contributed by atoms with Gasteiger partial charge in [0.05, 0.1) is 10.9 Å². The number of carbonyl (C=O) groups excluding carboxylic acids is 1.